The summed E-state index contributed by atoms with van der Waals surface area (Å²) in [6.07, 6.45) is -3.29. The van der Waals surface area contributed by atoms with Crippen molar-refractivity contribution >= 4 is 15.9 Å². The monoisotopic (exact) mass is 449 g/mol. The third-order valence-corrected chi connectivity index (χ3v) is 7.50. The van der Waals surface area contributed by atoms with Gasteiger partial charge in [-0.25, -0.2) is 8.42 Å². The van der Waals surface area contributed by atoms with Crippen LogP contribution in [-0.4, -0.2) is 87.5 Å². The number of amides is 1. The normalized spacial score (nSPS) is 22.5. The van der Waals surface area contributed by atoms with Crippen molar-refractivity contribution in [3.63, 3.8) is 0 Å². The molecule has 2 aliphatic rings. The Bertz CT molecular complexity index is 846. The fourth-order valence-electron chi connectivity index (χ4n) is 3.92. The Balaban J connectivity index is 1.65. The standard InChI is InChI=1S/C19H26F3N3O4S/c1-29-14-13-24-10-7-17(18(24)26)23-8-2-9-25(12-11-23)30(27,28)16-5-3-15(4-6-16)19(20,21)22/h3-6,17H,2,7-14H2,1H3. The Hall–Kier alpha value is -1.69. The van der Waals surface area contributed by atoms with Crippen molar-refractivity contribution in [2.24, 2.45) is 0 Å². The van der Waals surface area contributed by atoms with E-state index in [1.807, 2.05) is 4.90 Å². The van der Waals surface area contributed by atoms with Gasteiger partial charge in [0.05, 0.1) is 23.1 Å². The summed E-state index contributed by atoms with van der Waals surface area (Å²) in [4.78, 5) is 16.3. The molecule has 0 spiro atoms. The molecule has 0 saturated carbocycles. The van der Waals surface area contributed by atoms with Crippen LogP contribution in [0.1, 0.15) is 18.4 Å². The molecule has 0 radical (unpaired) electrons. The largest absolute Gasteiger partial charge is 0.416 e. The van der Waals surface area contributed by atoms with Crippen LogP contribution in [0, 0.1) is 0 Å². The van der Waals surface area contributed by atoms with E-state index in [0.717, 1.165) is 24.3 Å². The van der Waals surface area contributed by atoms with E-state index in [-0.39, 0.29) is 29.9 Å². The predicted molar refractivity (Wildman–Crippen MR) is 103 cm³/mol. The second-order valence-electron chi connectivity index (χ2n) is 7.44. The van der Waals surface area contributed by atoms with Crippen LogP contribution in [0.3, 0.4) is 0 Å². The van der Waals surface area contributed by atoms with E-state index >= 15 is 0 Å². The van der Waals surface area contributed by atoms with Crippen molar-refractivity contribution in [1.82, 2.24) is 14.1 Å². The predicted octanol–water partition coefficient (Wildman–Crippen LogP) is 1.65. The fraction of sp³-hybridized carbons (Fsp3) is 0.632. The number of halogens is 3. The summed E-state index contributed by atoms with van der Waals surface area (Å²) in [5, 5.41) is 0. The lowest BCUT2D eigenvalue weighted by Gasteiger charge is -2.26. The number of alkyl halides is 3. The molecular formula is C19H26F3N3O4S. The maximum Gasteiger partial charge on any atom is 0.416 e. The molecule has 0 bridgehead atoms. The van der Waals surface area contributed by atoms with Crippen molar-refractivity contribution in [2.75, 3.05) is 53.0 Å². The first kappa shape index (κ1) is 23.0. The Labute approximate surface area is 174 Å². The van der Waals surface area contributed by atoms with Crippen LogP contribution < -0.4 is 0 Å². The number of hydrogen-bond donors (Lipinski definition) is 0. The number of sulfonamides is 1. The molecule has 1 aromatic carbocycles. The molecule has 1 amide bonds. The highest BCUT2D eigenvalue weighted by molar-refractivity contribution is 7.89. The molecule has 11 heteroatoms. The van der Waals surface area contributed by atoms with Crippen LogP contribution in [-0.2, 0) is 25.7 Å². The first-order valence-electron chi connectivity index (χ1n) is 9.84. The van der Waals surface area contributed by atoms with Crippen LogP contribution in [0.15, 0.2) is 29.2 Å². The average molecular weight is 449 g/mol. The smallest absolute Gasteiger partial charge is 0.383 e. The van der Waals surface area contributed by atoms with Crippen molar-refractivity contribution in [2.45, 2.75) is 30.0 Å². The summed E-state index contributed by atoms with van der Waals surface area (Å²) in [5.41, 5.74) is -0.888. The van der Waals surface area contributed by atoms with E-state index in [1.165, 1.54) is 4.31 Å². The number of nitrogens with zero attached hydrogens (tertiary/aromatic N) is 3. The molecule has 0 aliphatic carbocycles. The second kappa shape index (κ2) is 9.21. The number of benzene rings is 1. The van der Waals surface area contributed by atoms with Gasteiger partial charge >= 0.3 is 6.18 Å². The van der Waals surface area contributed by atoms with Gasteiger partial charge in [-0.3, -0.25) is 9.69 Å². The van der Waals surface area contributed by atoms with Crippen LogP contribution in [0.4, 0.5) is 13.2 Å². The van der Waals surface area contributed by atoms with Gasteiger partial charge in [-0.05, 0) is 37.1 Å². The third-order valence-electron chi connectivity index (χ3n) is 5.58. The second-order valence-corrected chi connectivity index (χ2v) is 9.38. The van der Waals surface area contributed by atoms with Crippen molar-refractivity contribution in [3.05, 3.63) is 29.8 Å². The van der Waals surface area contributed by atoms with E-state index in [9.17, 15) is 26.4 Å². The van der Waals surface area contributed by atoms with Crippen LogP contribution >= 0.6 is 0 Å². The van der Waals surface area contributed by atoms with Crippen molar-refractivity contribution in [3.8, 4) is 0 Å². The summed E-state index contributed by atoms with van der Waals surface area (Å²) < 4.78 is 70.3. The summed E-state index contributed by atoms with van der Waals surface area (Å²) in [5.74, 6) is 0.0334. The lowest BCUT2D eigenvalue weighted by Crippen LogP contribution is -2.44. The summed E-state index contributed by atoms with van der Waals surface area (Å²) in [6.45, 7) is 3.09. The molecule has 0 N–H and O–H groups in total. The zero-order valence-electron chi connectivity index (χ0n) is 16.8. The molecule has 2 saturated heterocycles. The lowest BCUT2D eigenvalue weighted by atomic mass is 10.2. The number of carbonyl (C=O) groups excluding carboxylic acids is 1. The quantitative estimate of drug-likeness (QED) is 0.661. The molecular weight excluding hydrogens is 423 g/mol. The highest BCUT2D eigenvalue weighted by Crippen LogP contribution is 2.30. The van der Waals surface area contributed by atoms with Gasteiger partial charge in [0.2, 0.25) is 15.9 Å². The fourth-order valence-corrected chi connectivity index (χ4v) is 5.39. The van der Waals surface area contributed by atoms with E-state index in [0.29, 0.717) is 45.6 Å². The van der Waals surface area contributed by atoms with Gasteiger partial charge in [0.15, 0.2) is 0 Å². The molecule has 2 aliphatic heterocycles. The zero-order chi connectivity index (χ0) is 21.9. The first-order valence-corrected chi connectivity index (χ1v) is 11.3. The Morgan fingerprint density at radius 1 is 1.07 bits per heavy atom. The topological polar surface area (TPSA) is 70.2 Å². The molecule has 0 aromatic heterocycles. The first-order chi connectivity index (χ1) is 14.1. The molecule has 1 unspecified atom stereocenters. The van der Waals surface area contributed by atoms with Crippen LogP contribution in [0.25, 0.3) is 0 Å². The zero-order valence-corrected chi connectivity index (χ0v) is 17.6. The summed E-state index contributed by atoms with van der Waals surface area (Å²) in [7, 11) is -2.32. The van der Waals surface area contributed by atoms with E-state index in [1.54, 1.807) is 12.0 Å². The van der Waals surface area contributed by atoms with Gasteiger partial charge in [-0.15, -0.1) is 0 Å². The molecule has 2 heterocycles. The Kier molecular flexibility index (Phi) is 7.05. The third kappa shape index (κ3) is 4.96. The molecule has 1 aromatic rings. The van der Waals surface area contributed by atoms with Gasteiger partial charge in [-0.2, -0.15) is 17.5 Å². The molecule has 168 valence electrons. The van der Waals surface area contributed by atoms with E-state index in [4.69, 9.17) is 4.74 Å². The number of rotatable bonds is 6. The highest BCUT2D eigenvalue weighted by atomic mass is 32.2. The maximum atomic E-state index is 12.9. The lowest BCUT2D eigenvalue weighted by molar-refractivity contribution is -0.137. The number of carbonyl (C=O) groups is 1. The highest BCUT2D eigenvalue weighted by Gasteiger charge is 2.37. The van der Waals surface area contributed by atoms with Gasteiger partial charge < -0.3 is 9.64 Å². The number of methoxy groups -OCH3 is 1. The van der Waals surface area contributed by atoms with Gasteiger partial charge in [0.25, 0.3) is 0 Å². The minimum Gasteiger partial charge on any atom is -0.383 e. The SMILES string of the molecule is COCCN1CCC(N2CCCN(S(=O)(=O)c3ccc(C(F)(F)F)cc3)CC2)C1=O. The number of likely N-dealkylation sites (tertiary alicyclic amines) is 1. The minimum absolute atomic E-state index is 0.0334. The Morgan fingerprint density at radius 2 is 1.77 bits per heavy atom. The molecule has 2 fully saturated rings. The number of hydrogen-bond acceptors (Lipinski definition) is 5. The summed E-state index contributed by atoms with van der Waals surface area (Å²) >= 11 is 0. The molecule has 30 heavy (non-hydrogen) atoms. The average Bonchev–Trinajstić information content (AvgIpc) is 2.91. The van der Waals surface area contributed by atoms with Gasteiger partial charge in [0.1, 0.15) is 0 Å². The van der Waals surface area contributed by atoms with Crippen molar-refractivity contribution in [1.29, 1.82) is 0 Å². The van der Waals surface area contributed by atoms with Crippen LogP contribution in [0.5, 0.6) is 0 Å². The van der Waals surface area contributed by atoms with Crippen LogP contribution in [0.2, 0.25) is 0 Å². The molecule has 1 atom stereocenters. The van der Waals surface area contributed by atoms with Gasteiger partial charge in [0, 0.05) is 46.4 Å². The maximum absolute atomic E-state index is 12.9. The summed E-state index contributed by atoms with van der Waals surface area (Å²) in [6, 6.07) is 3.28. The molecule has 3 rings (SSSR count). The van der Waals surface area contributed by atoms with Gasteiger partial charge in [-0.1, -0.05) is 0 Å². The van der Waals surface area contributed by atoms with E-state index in [2.05, 4.69) is 0 Å². The number of ether oxygens (including phenoxy) is 1. The van der Waals surface area contributed by atoms with Crippen molar-refractivity contribution < 1.29 is 31.1 Å². The molecule has 7 nitrogen and oxygen atoms in total. The minimum atomic E-state index is -4.52. The Morgan fingerprint density at radius 3 is 2.40 bits per heavy atom. The van der Waals surface area contributed by atoms with E-state index < -0.39 is 21.8 Å².